The van der Waals surface area contributed by atoms with Crippen molar-refractivity contribution in [1.29, 1.82) is 0 Å². The lowest BCUT2D eigenvalue weighted by Gasteiger charge is -2.14. The van der Waals surface area contributed by atoms with E-state index in [0.29, 0.717) is 5.88 Å². The summed E-state index contributed by atoms with van der Waals surface area (Å²) in [5, 5.41) is 4.28. The Balaban J connectivity index is 2.02. The molecule has 2 rings (SSSR count). The Morgan fingerprint density at radius 2 is 2.16 bits per heavy atom. The molecule has 0 unspecified atom stereocenters. The molecule has 0 atom stereocenters. The predicted molar refractivity (Wildman–Crippen MR) is 83.1 cm³/mol. The molecule has 2 aromatic heterocycles. The summed E-state index contributed by atoms with van der Waals surface area (Å²) in [5.74, 6) is 1.35. The van der Waals surface area contributed by atoms with E-state index in [1.807, 2.05) is 17.8 Å². The van der Waals surface area contributed by atoms with E-state index in [1.165, 1.54) is 0 Å². The van der Waals surface area contributed by atoms with Crippen LogP contribution in [0.2, 0.25) is 0 Å². The van der Waals surface area contributed by atoms with E-state index in [1.54, 1.807) is 23.1 Å². The minimum atomic E-state index is 0.119. The van der Waals surface area contributed by atoms with Crippen LogP contribution in [-0.4, -0.2) is 14.5 Å². The van der Waals surface area contributed by atoms with Crippen LogP contribution in [0.15, 0.2) is 16.7 Å². The topological polar surface area (TPSA) is 30.7 Å². The molecule has 104 valence electrons. The highest BCUT2D eigenvalue weighted by Gasteiger charge is 2.17. The maximum absolute atomic E-state index is 5.84. The van der Waals surface area contributed by atoms with Crippen molar-refractivity contribution in [2.24, 2.45) is 7.05 Å². The van der Waals surface area contributed by atoms with E-state index in [2.05, 4.69) is 36.1 Å². The molecule has 0 saturated heterocycles. The number of thioether (sulfide) groups is 1. The van der Waals surface area contributed by atoms with Gasteiger partial charge in [-0.3, -0.25) is 0 Å². The van der Waals surface area contributed by atoms with E-state index in [-0.39, 0.29) is 5.41 Å². The first-order valence-electron chi connectivity index (χ1n) is 6.06. The summed E-state index contributed by atoms with van der Waals surface area (Å²) in [6.07, 6.45) is 1.83. The molecule has 0 fully saturated rings. The number of halogens is 1. The van der Waals surface area contributed by atoms with Crippen LogP contribution in [-0.2, 0) is 24.1 Å². The summed E-state index contributed by atoms with van der Waals surface area (Å²) in [4.78, 5) is 9.06. The molecule has 0 bridgehead atoms. The van der Waals surface area contributed by atoms with Gasteiger partial charge in [-0.1, -0.05) is 32.5 Å². The van der Waals surface area contributed by atoms with Gasteiger partial charge < -0.3 is 4.57 Å². The van der Waals surface area contributed by atoms with Gasteiger partial charge in [-0.25, -0.2) is 9.97 Å². The fourth-order valence-corrected chi connectivity index (χ4v) is 3.79. The Labute approximate surface area is 127 Å². The van der Waals surface area contributed by atoms with Gasteiger partial charge in [0.15, 0.2) is 5.16 Å². The molecule has 0 aromatic carbocycles. The maximum Gasteiger partial charge on any atom is 0.168 e. The lowest BCUT2D eigenvalue weighted by Crippen LogP contribution is -2.11. The van der Waals surface area contributed by atoms with E-state index >= 15 is 0 Å². The van der Waals surface area contributed by atoms with Crippen molar-refractivity contribution in [3.8, 4) is 0 Å². The number of nitrogens with zero attached hydrogens (tertiary/aromatic N) is 3. The maximum atomic E-state index is 5.84. The molecule has 0 aliphatic rings. The Morgan fingerprint density at radius 1 is 1.42 bits per heavy atom. The van der Waals surface area contributed by atoms with Gasteiger partial charge in [-0.05, 0) is 0 Å². The van der Waals surface area contributed by atoms with E-state index in [9.17, 15) is 0 Å². The molecule has 0 N–H and O–H groups in total. The standard InChI is InChI=1S/C13H18ClN3S2/c1-13(2,3)10-7-18-11(16-10)8-19-12-15-6-9(5-14)17(12)4/h6-7H,5,8H2,1-4H3. The zero-order valence-electron chi connectivity index (χ0n) is 11.6. The Hall–Kier alpha value is -0.520. The summed E-state index contributed by atoms with van der Waals surface area (Å²) in [7, 11) is 2.00. The van der Waals surface area contributed by atoms with Gasteiger partial charge in [0, 0.05) is 17.8 Å². The Morgan fingerprint density at radius 3 is 2.68 bits per heavy atom. The molecule has 0 amide bonds. The highest BCUT2D eigenvalue weighted by Crippen LogP contribution is 2.28. The normalized spacial score (nSPS) is 12.1. The molecular weight excluding hydrogens is 298 g/mol. The third kappa shape index (κ3) is 3.52. The first-order chi connectivity index (χ1) is 8.91. The van der Waals surface area contributed by atoms with Gasteiger partial charge in [0.2, 0.25) is 0 Å². The van der Waals surface area contributed by atoms with Crippen molar-refractivity contribution in [2.75, 3.05) is 0 Å². The van der Waals surface area contributed by atoms with Crippen molar-refractivity contribution < 1.29 is 0 Å². The Bertz CT molecular complexity index is 554. The van der Waals surface area contributed by atoms with Crippen molar-refractivity contribution in [2.45, 2.75) is 43.0 Å². The molecule has 0 spiro atoms. The fraction of sp³-hybridized carbons (Fsp3) is 0.538. The molecular formula is C13H18ClN3S2. The zero-order valence-corrected chi connectivity index (χ0v) is 14.0. The summed E-state index contributed by atoms with van der Waals surface area (Å²) >= 11 is 9.26. The lowest BCUT2D eigenvalue weighted by atomic mass is 9.93. The summed E-state index contributed by atoms with van der Waals surface area (Å²) in [5.41, 5.74) is 2.32. The van der Waals surface area contributed by atoms with Crippen molar-refractivity contribution in [1.82, 2.24) is 14.5 Å². The van der Waals surface area contributed by atoms with E-state index < -0.39 is 0 Å². The molecule has 6 heteroatoms. The summed E-state index contributed by atoms with van der Waals surface area (Å²) in [6, 6.07) is 0. The van der Waals surface area contributed by atoms with Crippen LogP contribution in [0, 0.1) is 0 Å². The monoisotopic (exact) mass is 315 g/mol. The average Bonchev–Trinajstić information content (AvgIpc) is 2.93. The number of hydrogen-bond donors (Lipinski definition) is 0. The van der Waals surface area contributed by atoms with E-state index in [0.717, 1.165) is 27.3 Å². The third-order valence-electron chi connectivity index (χ3n) is 2.82. The van der Waals surface area contributed by atoms with Gasteiger partial charge in [-0.2, -0.15) is 0 Å². The number of rotatable bonds is 4. The summed E-state index contributed by atoms with van der Waals surface area (Å²) in [6.45, 7) is 6.55. The first-order valence-corrected chi connectivity index (χ1v) is 8.46. The predicted octanol–water partition coefficient (Wildman–Crippen LogP) is 4.21. The van der Waals surface area contributed by atoms with Gasteiger partial charge in [-0.15, -0.1) is 22.9 Å². The molecule has 0 radical (unpaired) electrons. The molecule has 0 aliphatic carbocycles. The van der Waals surface area contributed by atoms with Crippen LogP contribution in [0.3, 0.4) is 0 Å². The van der Waals surface area contributed by atoms with Crippen molar-refractivity contribution >= 4 is 34.7 Å². The van der Waals surface area contributed by atoms with Crippen LogP contribution in [0.5, 0.6) is 0 Å². The van der Waals surface area contributed by atoms with E-state index in [4.69, 9.17) is 11.6 Å². The first kappa shape index (κ1) is 14.9. The van der Waals surface area contributed by atoms with Crippen LogP contribution in [0.25, 0.3) is 0 Å². The SMILES string of the molecule is Cn1c(CCl)cnc1SCc1nc(C(C)(C)C)cs1. The molecule has 2 heterocycles. The smallest absolute Gasteiger partial charge is 0.168 e. The van der Waals surface area contributed by atoms with Gasteiger partial charge in [0.05, 0.1) is 29.2 Å². The van der Waals surface area contributed by atoms with Gasteiger partial charge in [0.1, 0.15) is 5.01 Å². The Kier molecular flexibility index (Phi) is 4.58. The number of aromatic nitrogens is 3. The largest absolute Gasteiger partial charge is 0.325 e. The van der Waals surface area contributed by atoms with Crippen LogP contribution < -0.4 is 0 Å². The van der Waals surface area contributed by atoms with Gasteiger partial charge in [0.25, 0.3) is 0 Å². The number of alkyl halides is 1. The van der Waals surface area contributed by atoms with Crippen molar-refractivity contribution in [3.63, 3.8) is 0 Å². The second kappa shape index (κ2) is 5.85. The van der Waals surface area contributed by atoms with Gasteiger partial charge >= 0.3 is 0 Å². The molecule has 19 heavy (non-hydrogen) atoms. The highest BCUT2D eigenvalue weighted by atomic mass is 35.5. The quantitative estimate of drug-likeness (QED) is 0.625. The molecule has 0 aliphatic heterocycles. The second-order valence-corrected chi connectivity index (χ2v) is 7.54. The average molecular weight is 316 g/mol. The second-order valence-electron chi connectivity index (χ2n) is 5.39. The molecule has 0 saturated carbocycles. The van der Waals surface area contributed by atoms with Crippen LogP contribution in [0.4, 0.5) is 0 Å². The lowest BCUT2D eigenvalue weighted by molar-refractivity contribution is 0.571. The fourth-order valence-electron chi connectivity index (χ4n) is 1.53. The number of thiazole rings is 1. The molecule has 3 nitrogen and oxygen atoms in total. The molecule has 2 aromatic rings. The highest BCUT2D eigenvalue weighted by molar-refractivity contribution is 7.98. The van der Waals surface area contributed by atoms with Crippen molar-refractivity contribution in [3.05, 3.63) is 28.0 Å². The minimum absolute atomic E-state index is 0.119. The third-order valence-corrected chi connectivity index (χ3v) is 5.18. The zero-order chi connectivity index (χ0) is 14.0. The summed E-state index contributed by atoms with van der Waals surface area (Å²) < 4.78 is 2.04. The number of hydrogen-bond acceptors (Lipinski definition) is 4. The van der Waals surface area contributed by atoms with Crippen LogP contribution in [0.1, 0.15) is 37.2 Å². The minimum Gasteiger partial charge on any atom is -0.325 e. The van der Waals surface area contributed by atoms with Crippen LogP contribution >= 0.6 is 34.7 Å². The number of imidazole rings is 1.